The number of benzene rings is 1. The van der Waals surface area contributed by atoms with Gasteiger partial charge in [-0.2, -0.15) is 5.26 Å². The van der Waals surface area contributed by atoms with Crippen LogP contribution in [0, 0.1) is 11.3 Å². The standard InChI is InChI=1S/C25H23N3O4S2/c1-3-6-18-21(24(30)31-4-2)22(19-7-5-14-33-19)28-23(29)20(34-25(28)27-18)15-16-8-10-17(11-9-16)32-13-12-26/h5,7-11,14-15,22H,3-4,6,13H2,1-2H3/b20-15-/t22-/m0/s1. The number of thiophene rings is 1. The van der Waals surface area contributed by atoms with Crippen molar-refractivity contribution in [3.63, 3.8) is 0 Å². The zero-order valence-corrected chi connectivity index (χ0v) is 20.4. The van der Waals surface area contributed by atoms with E-state index in [9.17, 15) is 9.59 Å². The lowest BCUT2D eigenvalue weighted by molar-refractivity contribution is -0.139. The van der Waals surface area contributed by atoms with Crippen molar-refractivity contribution < 1.29 is 14.3 Å². The maximum Gasteiger partial charge on any atom is 0.338 e. The molecular weight excluding hydrogens is 470 g/mol. The summed E-state index contributed by atoms with van der Waals surface area (Å²) in [6.07, 6.45) is 3.23. The number of aromatic nitrogens is 1. The van der Waals surface area contributed by atoms with Crippen LogP contribution >= 0.6 is 22.7 Å². The Balaban J connectivity index is 1.86. The molecular formula is C25H23N3O4S2. The Morgan fingerprint density at radius 1 is 1.26 bits per heavy atom. The Bertz CT molecular complexity index is 1430. The largest absolute Gasteiger partial charge is 0.479 e. The van der Waals surface area contributed by atoms with E-state index in [-0.39, 0.29) is 18.8 Å². The highest BCUT2D eigenvalue weighted by atomic mass is 32.1. The van der Waals surface area contributed by atoms with Crippen LogP contribution in [0.4, 0.5) is 0 Å². The van der Waals surface area contributed by atoms with Crippen LogP contribution in [0.25, 0.3) is 6.08 Å². The molecule has 0 aliphatic carbocycles. The van der Waals surface area contributed by atoms with E-state index >= 15 is 0 Å². The Morgan fingerprint density at radius 2 is 2.06 bits per heavy atom. The van der Waals surface area contributed by atoms with Crippen LogP contribution in [0.5, 0.6) is 5.75 Å². The second-order valence-electron chi connectivity index (χ2n) is 7.44. The summed E-state index contributed by atoms with van der Waals surface area (Å²) in [6, 6.07) is 12.4. The first-order chi connectivity index (χ1) is 16.6. The molecule has 0 radical (unpaired) electrons. The SMILES string of the molecule is CCCC1=C(C(=O)OCC)[C@H](c2cccs2)n2c(s/c(=C\c3ccc(OCC#N)cc3)c2=O)=N1. The summed E-state index contributed by atoms with van der Waals surface area (Å²) in [7, 11) is 0. The van der Waals surface area contributed by atoms with Crippen molar-refractivity contribution in [1.29, 1.82) is 5.26 Å². The highest BCUT2D eigenvalue weighted by Crippen LogP contribution is 2.34. The first-order valence-corrected chi connectivity index (χ1v) is 12.6. The number of hydrogen-bond donors (Lipinski definition) is 0. The van der Waals surface area contributed by atoms with Crippen molar-refractivity contribution in [2.45, 2.75) is 32.7 Å². The number of hydrogen-bond acceptors (Lipinski definition) is 8. The molecule has 9 heteroatoms. The molecule has 0 fully saturated rings. The van der Waals surface area contributed by atoms with E-state index in [0.717, 1.165) is 16.9 Å². The minimum Gasteiger partial charge on any atom is -0.479 e. The summed E-state index contributed by atoms with van der Waals surface area (Å²) < 4.78 is 12.8. The van der Waals surface area contributed by atoms with Crippen LogP contribution in [0.15, 0.2) is 62.8 Å². The van der Waals surface area contributed by atoms with Crippen LogP contribution in [-0.2, 0) is 9.53 Å². The molecule has 174 valence electrons. The molecule has 7 nitrogen and oxygen atoms in total. The highest BCUT2D eigenvalue weighted by Gasteiger charge is 2.34. The molecule has 1 aliphatic rings. The fourth-order valence-electron chi connectivity index (χ4n) is 3.76. The van der Waals surface area contributed by atoms with Gasteiger partial charge < -0.3 is 9.47 Å². The van der Waals surface area contributed by atoms with E-state index in [4.69, 9.17) is 19.7 Å². The number of ether oxygens (including phenoxy) is 2. The first-order valence-electron chi connectivity index (χ1n) is 10.9. The Labute approximate surface area is 204 Å². The number of nitriles is 1. The second kappa shape index (κ2) is 10.6. The van der Waals surface area contributed by atoms with Crippen molar-refractivity contribution in [1.82, 2.24) is 4.57 Å². The van der Waals surface area contributed by atoms with E-state index in [2.05, 4.69) is 0 Å². The molecule has 0 saturated heterocycles. The van der Waals surface area contributed by atoms with Gasteiger partial charge in [0.2, 0.25) is 0 Å². The normalized spacial score (nSPS) is 15.4. The average molecular weight is 494 g/mol. The van der Waals surface area contributed by atoms with Gasteiger partial charge in [-0.1, -0.05) is 42.9 Å². The van der Waals surface area contributed by atoms with Gasteiger partial charge in [-0.05, 0) is 48.6 Å². The summed E-state index contributed by atoms with van der Waals surface area (Å²) in [5.74, 6) is 0.150. The maximum atomic E-state index is 13.6. The van der Waals surface area contributed by atoms with Crippen molar-refractivity contribution in [2.75, 3.05) is 13.2 Å². The minimum absolute atomic E-state index is 0.0242. The van der Waals surface area contributed by atoms with Crippen molar-refractivity contribution in [3.8, 4) is 11.8 Å². The van der Waals surface area contributed by atoms with E-state index < -0.39 is 12.0 Å². The molecule has 1 atom stereocenters. The van der Waals surface area contributed by atoms with E-state index in [1.165, 1.54) is 22.7 Å². The van der Waals surface area contributed by atoms with Crippen LogP contribution in [-0.4, -0.2) is 23.8 Å². The van der Waals surface area contributed by atoms with Crippen LogP contribution in [0.3, 0.4) is 0 Å². The number of rotatable bonds is 8. The molecule has 0 amide bonds. The van der Waals surface area contributed by atoms with Gasteiger partial charge in [0, 0.05) is 4.88 Å². The maximum absolute atomic E-state index is 13.6. The Morgan fingerprint density at radius 3 is 2.71 bits per heavy atom. The number of fused-ring (bicyclic) bond motifs is 1. The number of thiazole rings is 1. The molecule has 4 rings (SSSR count). The van der Waals surface area contributed by atoms with Crippen molar-refractivity contribution in [3.05, 3.63) is 83.2 Å². The van der Waals surface area contributed by atoms with E-state index in [0.29, 0.717) is 32.8 Å². The van der Waals surface area contributed by atoms with E-state index in [1.54, 1.807) is 29.7 Å². The fourth-order valence-corrected chi connectivity index (χ4v) is 5.61. The average Bonchev–Trinajstić information content (AvgIpc) is 3.47. The number of nitrogens with zero attached hydrogens (tertiary/aromatic N) is 3. The Kier molecular flexibility index (Phi) is 7.40. The number of carbonyl (C=O) groups excluding carboxylic acids is 1. The predicted molar refractivity (Wildman–Crippen MR) is 132 cm³/mol. The first kappa shape index (κ1) is 23.7. The molecule has 0 bridgehead atoms. The van der Waals surface area contributed by atoms with Gasteiger partial charge in [0.25, 0.3) is 5.56 Å². The minimum atomic E-state index is -0.569. The predicted octanol–water partition coefficient (Wildman–Crippen LogP) is 3.54. The van der Waals surface area contributed by atoms with Crippen molar-refractivity contribution >= 4 is 34.7 Å². The van der Waals surface area contributed by atoms with Gasteiger partial charge in [-0.25, -0.2) is 9.79 Å². The molecule has 3 heterocycles. The topological polar surface area (TPSA) is 93.7 Å². The lowest BCUT2D eigenvalue weighted by Crippen LogP contribution is -2.39. The number of esters is 1. The molecule has 0 spiro atoms. The van der Waals surface area contributed by atoms with Crippen LogP contribution in [0.1, 0.15) is 43.2 Å². The third-order valence-electron chi connectivity index (χ3n) is 5.19. The molecule has 34 heavy (non-hydrogen) atoms. The van der Waals surface area contributed by atoms with Crippen molar-refractivity contribution in [2.24, 2.45) is 4.99 Å². The molecule has 0 unspecified atom stereocenters. The van der Waals surface area contributed by atoms with Gasteiger partial charge >= 0.3 is 5.97 Å². The smallest absolute Gasteiger partial charge is 0.338 e. The summed E-state index contributed by atoms with van der Waals surface area (Å²) in [6.45, 7) is 4.02. The summed E-state index contributed by atoms with van der Waals surface area (Å²) >= 11 is 2.80. The van der Waals surface area contributed by atoms with Crippen LogP contribution in [0.2, 0.25) is 0 Å². The number of allylic oxidation sites excluding steroid dienone is 1. The zero-order valence-electron chi connectivity index (χ0n) is 18.8. The van der Waals surface area contributed by atoms with Crippen LogP contribution < -0.4 is 19.6 Å². The zero-order chi connectivity index (χ0) is 24.1. The third kappa shape index (κ3) is 4.74. The fraction of sp³-hybridized carbons (Fsp3) is 0.280. The molecule has 0 saturated carbocycles. The third-order valence-corrected chi connectivity index (χ3v) is 7.09. The molecule has 0 N–H and O–H groups in total. The lowest BCUT2D eigenvalue weighted by atomic mass is 9.99. The summed E-state index contributed by atoms with van der Waals surface area (Å²) in [5.41, 5.74) is 1.72. The van der Waals surface area contributed by atoms with Gasteiger partial charge in [0.1, 0.15) is 17.9 Å². The molecule has 1 aliphatic heterocycles. The summed E-state index contributed by atoms with van der Waals surface area (Å²) in [5, 5.41) is 10.6. The second-order valence-corrected chi connectivity index (χ2v) is 9.43. The van der Waals surface area contributed by atoms with Gasteiger partial charge in [-0.15, -0.1) is 11.3 Å². The highest BCUT2D eigenvalue weighted by molar-refractivity contribution is 7.10. The van der Waals surface area contributed by atoms with Gasteiger partial charge in [-0.3, -0.25) is 9.36 Å². The van der Waals surface area contributed by atoms with Gasteiger partial charge in [0.05, 0.1) is 22.4 Å². The Hall–Kier alpha value is -3.48. The van der Waals surface area contributed by atoms with E-state index in [1.807, 2.05) is 42.6 Å². The van der Waals surface area contributed by atoms with Gasteiger partial charge in [0.15, 0.2) is 11.4 Å². The monoisotopic (exact) mass is 493 g/mol. The molecule has 3 aromatic rings. The summed E-state index contributed by atoms with van der Waals surface area (Å²) in [4.78, 5) is 32.8. The molecule has 2 aromatic heterocycles. The molecule has 1 aromatic carbocycles. The lowest BCUT2D eigenvalue weighted by Gasteiger charge is -2.24. The number of carbonyl (C=O) groups is 1. The quantitative estimate of drug-likeness (QED) is 0.448.